The van der Waals surface area contributed by atoms with Crippen LogP contribution in [0.2, 0.25) is 0 Å². The number of carbonyl (C=O) groups is 1. The highest BCUT2D eigenvalue weighted by Gasteiger charge is 2.76. The summed E-state index contributed by atoms with van der Waals surface area (Å²) in [6, 6.07) is 7.25. The minimum absolute atomic E-state index is 0.0408. The Kier molecular flexibility index (Phi) is 9.39. The smallest absolute Gasteiger partial charge is 0.460 e. The molecule has 0 bridgehead atoms. The van der Waals surface area contributed by atoms with Gasteiger partial charge in [0.25, 0.3) is 5.91 Å². The molecule has 0 atom stereocenters. The lowest BCUT2D eigenvalue weighted by Crippen LogP contribution is -2.60. The molecule has 0 unspecified atom stereocenters. The fraction of sp³-hybridized carbons (Fsp3) is 0.375. The van der Waals surface area contributed by atoms with Crippen LogP contribution in [0.15, 0.2) is 49.1 Å². The molecule has 2 aromatic carbocycles. The minimum Gasteiger partial charge on any atom is -0.493 e. The van der Waals surface area contributed by atoms with Crippen LogP contribution in [0.1, 0.15) is 11.1 Å². The first-order valence-corrected chi connectivity index (χ1v) is 10.5. The Morgan fingerprint density at radius 3 is 2.05 bits per heavy atom. The van der Waals surface area contributed by atoms with Gasteiger partial charge in [-0.2, -0.15) is 30.7 Å². The molecule has 0 N–H and O–H groups in total. The molecule has 204 valence electrons. The average molecular weight is 541 g/mol. The maximum absolute atomic E-state index is 14.3. The lowest BCUT2D eigenvalue weighted by molar-refractivity contribution is -0.346. The lowest BCUT2D eigenvalue weighted by atomic mass is 10.1. The maximum Gasteiger partial charge on any atom is 0.460 e. The number of carbonyl (C=O) groups excluding carboxylic acids is 1. The minimum atomic E-state index is -6.71. The number of alkyl halides is 7. The summed E-state index contributed by atoms with van der Waals surface area (Å²) < 4.78 is 124. The third-order valence-corrected chi connectivity index (χ3v) is 5.16. The van der Waals surface area contributed by atoms with Gasteiger partial charge in [0.05, 0.1) is 14.2 Å². The number of hydrogen-bond acceptors (Lipinski definition) is 4. The number of ether oxygens (including phenoxy) is 3. The highest BCUT2D eigenvalue weighted by Crippen LogP contribution is 2.47. The Hall–Kier alpha value is -3.51. The Balaban J connectivity index is 2.44. The van der Waals surface area contributed by atoms with Crippen molar-refractivity contribution in [3.8, 4) is 17.2 Å². The van der Waals surface area contributed by atoms with Crippen LogP contribution in [-0.2, 0) is 17.8 Å². The molecule has 0 aliphatic carbocycles. The molecule has 1 amide bonds. The van der Waals surface area contributed by atoms with E-state index >= 15 is 0 Å². The molecule has 13 heteroatoms. The second kappa shape index (κ2) is 11.7. The van der Waals surface area contributed by atoms with E-state index in [-0.39, 0.29) is 46.3 Å². The van der Waals surface area contributed by atoms with Crippen LogP contribution in [0, 0.1) is 5.82 Å². The van der Waals surface area contributed by atoms with Crippen molar-refractivity contribution in [1.29, 1.82) is 0 Å². The molecule has 5 nitrogen and oxygen atoms in total. The third-order valence-electron chi connectivity index (χ3n) is 5.16. The lowest BCUT2D eigenvalue weighted by Gasteiger charge is -2.32. The fourth-order valence-corrected chi connectivity index (χ4v) is 3.22. The van der Waals surface area contributed by atoms with Crippen LogP contribution in [-0.4, -0.2) is 56.2 Å². The molecule has 0 aliphatic rings. The number of hydrogen-bond donors (Lipinski definition) is 0. The van der Waals surface area contributed by atoms with E-state index in [0.29, 0.717) is 0 Å². The molecule has 0 saturated heterocycles. The largest absolute Gasteiger partial charge is 0.493 e. The highest BCUT2D eigenvalue weighted by atomic mass is 19.4. The van der Waals surface area contributed by atoms with Crippen LogP contribution in [0.3, 0.4) is 0 Å². The molecule has 0 heterocycles. The molecule has 0 aliphatic heterocycles. The number of rotatable bonds is 12. The van der Waals surface area contributed by atoms with Gasteiger partial charge < -0.3 is 19.1 Å². The van der Waals surface area contributed by atoms with E-state index in [9.17, 15) is 39.9 Å². The van der Waals surface area contributed by atoms with Crippen molar-refractivity contribution < 1.29 is 54.1 Å². The normalized spacial score (nSPS) is 12.2. The van der Waals surface area contributed by atoms with Gasteiger partial charge in [-0.3, -0.25) is 4.79 Å². The van der Waals surface area contributed by atoms with E-state index in [1.54, 1.807) is 0 Å². The predicted octanol–water partition coefficient (Wildman–Crippen LogP) is 5.81. The Morgan fingerprint density at radius 1 is 1.00 bits per heavy atom. The zero-order valence-corrected chi connectivity index (χ0v) is 19.7. The second-order valence-corrected chi connectivity index (χ2v) is 7.64. The van der Waals surface area contributed by atoms with Crippen molar-refractivity contribution in [3.05, 3.63) is 66.0 Å². The van der Waals surface area contributed by atoms with Gasteiger partial charge in [0.15, 0.2) is 11.5 Å². The third kappa shape index (κ3) is 6.44. The average Bonchev–Trinajstić information content (AvgIpc) is 2.84. The van der Waals surface area contributed by atoms with Crippen LogP contribution < -0.4 is 14.2 Å². The van der Waals surface area contributed by atoms with Gasteiger partial charge in [-0.15, -0.1) is 0 Å². The molecule has 2 aromatic rings. The summed E-state index contributed by atoms with van der Waals surface area (Å²) in [4.78, 5) is 12.4. The van der Waals surface area contributed by atoms with Crippen molar-refractivity contribution in [3.63, 3.8) is 0 Å². The summed E-state index contributed by atoms with van der Waals surface area (Å²) in [5, 5.41) is 0. The molecule has 0 fully saturated rings. The Morgan fingerprint density at radius 2 is 1.57 bits per heavy atom. The van der Waals surface area contributed by atoms with E-state index < -0.39 is 42.8 Å². The number of halogens is 8. The van der Waals surface area contributed by atoms with Crippen LogP contribution >= 0.6 is 0 Å². The zero-order valence-electron chi connectivity index (χ0n) is 19.7. The van der Waals surface area contributed by atoms with Gasteiger partial charge in [0, 0.05) is 18.7 Å². The first-order valence-electron chi connectivity index (χ1n) is 10.5. The van der Waals surface area contributed by atoms with Gasteiger partial charge in [0.2, 0.25) is 5.75 Å². The molecule has 37 heavy (non-hydrogen) atoms. The van der Waals surface area contributed by atoms with Crippen LogP contribution in [0.4, 0.5) is 35.1 Å². The van der Waals surface area contributed by atoms with Gasteiger partial charge >= 0.3 is 18.0 Å². The molecule has 0 radical (unpaired) electrons. The first-order chi connectivity index (χ1) is 17.2. The van der Waals surface area contributed by atoms with Gasteiger partial charge in [-0.1, -0.05) is 30.9 Å². The summed E-state index contributed by atoms with van der Waals surface area (Å²) >= 11 is 0. The SMILES string of the molecule is C=CCOc1c(OC)cc(CCN(Cc2ccccc2F)C(=O)C(F)(F)C(F)(F)C(F)(F)F)cc1OC. The van der Waals surface area contributed by atoms with Gasteiger partial charge in [-0.25, -0.2) is 4.39 Å². The summed E-state index contributed by atoms with van der Waals surface area (Å²) in [6.07, 6.45) is -5.60. The molecular formula is C24H23F8NO4. The van der Waals surface area contributed by atoms with E-state index in [4.69, 9.17) is 14.2 Å². The number of amides is 1. The number of benzene rings is 2. The summed E-state index contributed by atoms with van der Waals surface area (Å²) in [7, 11) is 2.57. The highest BCUT2D eigenvalue weighted by molar-refractivity contribution is 5.85. The molecule has 2 rings (SSSR count). The summed E-state index contributed by atoms with van der Waals surface area (Å²) in [5.41, 5.74) is -0.109. The molecule has 0 spiro atoms. The zero-order chi connectivity index (χ0) is 28.0. The number of nitrogens with zero attached hydrogens (tertiary/aromatic N) is 1. The van der Waals surface area contributed by atoms with Crippen molar-refractivity contribution in [1.82, 2.24) is 4.90 Å². The number of methoxy groups -OCH3 is 2. The topological polar surface area (TPSA) is 48.0 Å². The van der Waals surface area contributed by atoms with Crippen LogP contribution in [0.5, 0.6) is 17.2 Å². The monoisotopic (exact) mass is 541 g/mol. The predicted molar refractivity (Wildman–Crippen MR) is 117 cm³/mol. The van der Waals surface area contributed by atoms with Gasteiger partial charge in [0.1, 0.15) is 12.4 Å². The second-order valence-electron chi connectivity index (χ2n) is 7.64. The maximum atomic E-state index is 14.3. The van der Waals surface area contributed by atoms with Crippen molar-refractivity contribution in [2.24, 2.45) is 0 Å². The van der Waals surface area contributed by atoms with E-state index in [2.05, 4.69) is 6.58 Å². The van der Waals surface area contributed by atoms with E-state index in [0.717, 1.165) is 12.1 Å². The summed E-state index contributed by atoms with van der Waals surface area (Å²) in [5.74, 6) is -16.2. The standard InChI is InChI=1S/C24H23F8NO4/c1-4-11-37-20-18(35-2)12-15(13-19(20)36-3)9-10-33(14-16-7-5-6-8-17(16)25)21(34)22(26,27)23(28,29)24(30,31)32/h4-8,12-13H,1,9-11,14H2,2-3H3. The molecular weight excluding hydrogens is 518 g/mol. The quantitative estimate of drug-likeness (QED) is 0.251. The molecule has 0 saturated carbocycles. The Labute approximate surface area is 207 Å². The Bertz CT molecular complexity index is 1080. The van der Waals surface area contributed by atoms with E-state index in [1.165, 1.54) is 44.6 Å². The van der Waals surface area contributed by atoms with Crippen LogP contribution in [0.25, 0.3) is 0 Å². The first kappa shape index (κ1) is 29.7. The van der Waals surface area contributed by atoms with Gasteiger partial charge in [-0.05, 0) is 30.2 Å². The molecule has 0 aromatic heterocycles. The van der Waals surface area contributed by atoms with Crippen molar-refractivity contribution in [2.75, 3.05) is 27.4 Å². The van der Waals surface area contributed by atoms with Crippen molar-refractivity contribution >= 4 is 5.91 Å². The van der Waals surface area contributed by atoms with Crippen molar-refractivity contribution in [2.45, 2.75) is 31.0 Å². The summed E-state index contributed by atoms with van der Waals surface area (Å²) in [6.45, 7) is 1.80. The fourth-order valence-electron chi connectivity index (χ4n) is 3.22. The van der Waals surface area contributed by atoms with E-state index in [1.807, 2.05) is 0 Å².